The van der Waals surface area contributed by atoms with E-state index in [0.29, 0.717) is 0 Å². The van der Waals surface area contributed by atoms with E-state index in [-0.39, 0.29) is 0 Å². The standard InChI is InChI=1S/C7H12O6/c1-12-7-6(11)5(10)4(9)3(2-8)13-7/h3-5,7-10H,2H2,1H3/t3-,4-,5+,7+/m1/s1/i5D. The van der Waals surface area contributed by atoms with Gasteiger partial charge in [0.25, 0.3) is 0 Å². The summed E-state index contributed by atoms with van der Waals surface area (Å²) in [5, 5.41) is 27.3. The molecule has 0 bridgehead atoms. The molecule has 0 radical (unpaired) electrons. The van der Waals surface area contributed by atoms with Crippen LogP contribution in [0.1, 0.15) is 1.37 Å². The second-order valence-electron chi connectivity index (χ2n) is 2.62. The van der Waals surface area contributed by atoms with Gasteiger partial charge in [0.05, 0.1) is 7.98 Å². The summed E-state index contributed by atoms with van der Waals surface area (Å²) in [5.41, 5.74) is 0. The minimum Gasteiger partial charge on any atom is -0.394 e. The first-order valence-corrected chi connectivity index (χ1v) is 3.69. The topological polar surface area (TPSA) is 96.2 Å². The SMILES string of the molecule is [2H][C@@]1(O)C(=O)[C@@H](OC)O[C@H](CO)[C@H]1O. The van der Waals surface area contributed by atoms with E-state index >= 15 is 0 Å². The lowest BCUT2D eigenvalue weighted by molar-refractivity contribution is -0.233. The molecule has 0 saturated carbocycles. The molecule has 6 heteroatoms. The third-order valence-electron chi connectivity index (χ3n) is 1.79. The fourth-order valence-corrected chi connectivity index (χ4v) is 1.04. The number of methoxy groups -OCH3 is 1. The molecule has 1 fully saturated rings. The minimum absolute atomic E-state index is 0.616. The Kier molecular flexibility index (Phi) is 2.87. The molecule has 0 spiro atoms. The van der Waals surface area contributed by atoms with Gasteiger partial charge >= 0.3 is 0 Å². The van der Waals surface area contributed by atoms with Crippen LogP contribution in [0.3, 0.4) is 0 Å². The van der Waals surface area contributed by atoms with Gasteiger partial charge < -0.3 is 24.8 Å². The lowest BCUT2D eigenvalue weighted by Crippen LogP contribution is -2.56. The Morgan fingerprint density at radius 2 is 2.31 bits per heavy atom. The van der Waals surface area contributed by atoms with Crippen LogP contribution < -0.4 is 0 Å². The van der Waals surface area contributed by atoms with Gasteiger partial charge in [-0.3, -0.25) is 4.79 Å². The molecule has 0 aromatic heterocycles. The molecular weight excluding hydrogens is 180 g/mol. The van der Waals surface area contributed by atoms with Crippen LogP contribution in [0.25, 0.3) is 0 Å². The molecule has 0 unspecified atom stereocenters. The second kappa shape index (κ2) is 4.12. The number of hydrogen-bond donors (Lipinski definition) is 3. The predicted molar refractivity (Wildman–Crippen MR) is 39.8 cm³/mol. The van der Waals surface area contributed by atoms with Crippen molar-refractivity contribution in [3.8, 4) is 0 Å². The summed E-state index contributed by atoms with van der Waals surface area (Å²) in [6, 6.07) is 0. The van der Waals surface area contributed by atoms with Gasteiger partial charge in [-0.15, -0.1) is 0 Å². The van der Waals surface area contributed by atoms with E-state index in [1.807, 2.05) is 0 Å². The molecule has 0 aromatic carbocycles. The molecule has 1 aliphatic heterocycles. The number of Topliss-reactive ketones (excluding diaryl/α,β-unsaturated/α-hetero) is 1. The third kappa shape index (κ3) is 1.87. The van der Waals surface area contributed by atoms with Crippen LogP contribution in [-0.2, 0) is 14.3 Å². The molecule has 1 heterocycles. The van der Waals surface area contributed by atoms with E-state index in [2.05, 4.69) is 4.74 Å². The average Bonchev–Trinajstić information content (AvgIpc) is 2.16. The summed E-state index contributed by atoms with van der Waals surface area (Å²) >= 11 is 0. The first-order chi connectivity index (χ1) is 6.45. The van der Waals surface area contributed by atoms with Crippen molar-refractivity contribution < 1.29 is 31.0 Å². The van der Waals surface area contributed by atoms with Gasteiger partial charge in [-0.25, -0.2) is 0 Å². The molecule has 0 aliphatic carbocycles. The molecule has 1 aliphatic rings. The van der Waals surface area contributed by atoms with Crippen LogP contribution in [0, 0.1) is 0 Å². The largest absolute Gasteiger partial charge is 0.394 e. The van der Waals surface area contributed by atoms with Crippen molar-refractivity contribution in [1.82, 2.24) is 0 Å². The van der Waals surface area contributed by atoms with E-state index in [1.165, 1.54) is 0 Å². The molecule has 13 heavy (non-hydrogen) atoms. The van der Waals surface area contributed by atoms with Crippen molar-refractivity contribution >= 4 is 5.78 Å². The maximum atomic E-state index is 11.2. The zero-order valence-corrected chi connectivity index (χ0v) is 7.01. The molecule has 3 N–H and O–H groups in total. The van der Waals surface area contributed by atoms with Crippen LogP contribution in [0.15, 0.2) is 0 Å². The van der Waals surface area contributed by atoms with Gasteiger partial charge in [-0.05, 0) is 0 Å². The van der Waals surface area contributed by atoms with Crippen LogP contribution in [0.4, 0.5) is 0 Å². The Labute approximate surface area is 76.1 Å². The lowest BCUT2D eigenvalue weighted by Gasteiger charge is -2.33. The maximum absolute atomic E-state index is 11.2. The van der Waals surface area contributed by atoms with Crippen molar-refractivity contribution in [1.29, 1.82) is 0 Å². The maximum Gasteiger partial charge on any atom is 0.220 e. The number of rotatable bonds is 2. The highest BCUT2D eigenvalue weighted by Crippen LogP contribution is 2.17. The Balaban J connectivity index is 2.90. The smallest absolute Gasteiger partial charge is 0.220 e. The van der Waals surface area contributed by atoms with Crippen molar-refractivity contribution in [2.24, 2.45) is 0 Å². The van der Waals surface area contributed by atoms with Gasteiger partial charge in [-0.2, -0.15) is 0 Å². The van der Waals surface area contributed by atoms with E-state index < -0.39 is 37.0 Å². The normalized spacial score (nSPS) is 47.5. The Hall–Kier alpha value is -0.530. The summed E-state index contributed by atoms with van der Waals surface area (Å²) in [5.74, 6) is -1.09. The van der Waals surface area contributed by atoms with E-state index in [0.717, 1.165) is 7.11 Å². The first-order valence-electron chi connectivity index (χ1n) is 4.19. The molecule has 1 rings (SSSR count). The Bertz CT molecular complexity index is 230. The van der Waals surface area contributed by atoms with Crippen molar-refractivity contribution in [2.45, 2.75) is 24.6 Å². The van der Waals surface area contributed by atoms with Gasteiger partial charge in [0.1, 0.15) is 18.3 Å². The number of aliphatic hydroxyl groups is 3. The van der Waals surface area contributed by atoms with E-state index in [4.69, 9.17) is 11.2 Å². The molecule has 4 atom stereocenters. The number of ketones is 1. The first kappa shape index (κ1) is 9.04. The summed E-state index contributed by atoms with van der Waals surface area (Å²) < 4.78 is 16.5. The van der Waals surface area contributed by atoms with Crippen molar-refractivity contribution in [2.75, 3.05) is 13.7 Å². The number of aliphatic hydroxyl groups excluding tert-OH is 2. The van der Waals surface area contributed by atoms with Crippen LogP contribution in [0.5, 0.6) is 0 Å². The summed E-state index contributed by atoms with van der Waals surface area (Å²) in [6.07, 6.45) is -7.13. The quantitative estimate of drug-likeness (QED) is 0.454. The van der Waals surface area contributed by atoms with Crippen molar-refractivity contribution in [3.63, 3.8) is 0 Å². The molecule has 0 aromatic rings. The van der Waals surface area contributed by atoms with Crippen LogP contribution in [-0.4, -0.2) is 59.4 Å². The Morgan fingerprint density at radius 3 is 2.77 bits per heavy atom. The number of ether oxygens (including phenoxy) is 2. The third-order valence-corrected chi connectivity index (χ3v) is 1.79. The summed E-state index contributed by atoms with van der Waals surface area (Å²) in [7, 11) is 1.16. The van der Waals surface area contributed by atoms with Gasteiger partial charge in [-0.1, -0.05) is 0 Å². The lowest BCUT2D eigenvalue weighted by atomic mass is 10.0. The highest BCUT2D eigenvalue weighted by atomic mass is 16.7. The molecule has 0 amide bonds. The van der Waals surface area contributed by atoms with Crippen LogP contribution in [0.2, 0.25) is 0 Å². The molecular formula is C7H12O6. The summed E-state index contributed by atoms with van der Waals surface area (Å²) in [6.45, 7) is -0.616. The second-order valence-corrected chi connectivity index (χ2v) is 2.62. The van der Waals surface area contributed by atoms with E-state index in [1.54, 1.807) is 0 Å². The predicted octanol–water partition coefficient (Wildman–Crippen LogP) is -2.36. The Morgan fingerprint density at radius 1 is 1.69 bits per heavy atom. The number of carbonyl (C=O) groups excluding carboxylic acids is 1. The van der Waals surface area contributed by atoms with Gasteiger partial charge in [0.15, 0.2) is 0 Å². The number of carbonyl (C=O) groups is 1. The minimum atomic E-state index is -2.70. The fraction of sp³-hybridized carbons (Fsp3) is 0.857. The van der Waals surface area contributed by atoms with Gasteiger partial charge in [0.2, 0.25) is 12.1 Å². The molecule has 76 valence electrons. The molecule has 1 saturated heterocycles. The molecule has 6 nitrogen and oxygen atoms in total. The average molecular weight is 193 g/mol. The zero-order valence-electron chi connectivity index (χ0n) is 8.01. The van der Waals surface area contributed by atoms with Gasteiger partial charge in [0, 0.05) is 7.11 Å². The summed E-state index contributed by atoms with van der Waals surface area (Å²) in [4.78, 5) is 11.2. The van der Waals surface area contributed by atoms with Crippen molar-refractivity contribution in [3.05, 3.63) is 0 Å². The monoisotopic (exact) mass is 193 g/mol. The highest BCUT2D eigenvalue weighted by molar-refractivity contribution is 5.87. The highest BCUT2D eigenvalue weighted by Gasteiger charge is 2.43. The van der Waals surface area contributed by atoms with Crippen LogP contribution >= 0.6 is 0 Å². The van der Waals surface area contributed by atoms with E-state index in [9.17, 15) is 15.0 Å². The fourth-order valence-electron chi connectivity index (χ4n) is 1.04. The zero-order chi connectivity index (χ0) is 10.9. The number of hydrogen-bond acceptors (Lipinski definition) is 6.